The summed E-state index contributed by atoms with van der Waals surface area (Å²) in [6.07, 6.45) is -0.249. The van der Waals surface area contributed by atoms with Crippen molar-refractivity contribution in [2.75, 3.05) is 0 Å². The van der Waals surface area contributed by atoms with Crippen molar-refractivity contribution >= 4 is 5.91 Å². The molecule has 0 aromatic heterocycles. The van der Waals surface area contributed by atoms with Crippen LogP contribution in [0, 0.1) is 0 Å². The van der Waals surface area contributed by atoms with Crippen LogP contribution in [0.4, 0.5) is 0 Å². The van der Waals surface area contributed by atoms with Crippen LogP contribution in [0.1, 0.15) is 17.5 Å². The van der Waals surface area contributed by atoms with E-state index in [1.165, 1.54) is 0 Å². The summed E-state index contributed by atoms with van der Waals surface area (Å²) in [5.74, 6) is -0.599. The molecule has 0 unspecified atom stereocenters. The standard InChI is InChI=1S/C15H14NO2/c16-14(17)11-15(18,12-7-3-1-4-8-12)13-9-5-2-6-10-13/h1-10H,11H2,(H2,16,17). The Labute approximate surface area is 106 Å². The van der Waals surface area contributed by atoms with Crippen molar-refractivity contribution in [2.24, 2.45) is 5.73 Å². The molecule has 0 saturated heterocycles. The Hall–Kier alpha value is -2.13. The molecule has 3 heteroatoms. The molecule has 2 aromatic rings. The predicted octanol–water partition coefficient (Wildman–Crippen LogP) is 2.24. The molecule has 2 N–H and O–H groups in total. The highest BCUT2D eigenvalue weighted by Gasteiger charge is 2.35. The monoisotopic (exact) mass is 240 g/mol. The Bertz CT molecular complexity index is 483. The zero-order valence-corrected chi connectivity index (χ0v) is 9.87. The Morgan fingerprint density at radius 3 is 1.61 bits per heavy atom. The molecule has 0 aliphatic rings. The molecule has 0 aliphatic carbocycles. The molecule has 91 valence electrons. The number of primary amides is 1. The van der Waals surface area contributed by atoms with Gasteiger partial charge in [-0.3, -0.25) is 4.79 Å². The van der Waals surface area contributed by atoms with Crippen molar-refractivity contribution in [2.45, 2.75) is 12.0 Å². The normalized spacial score (nSPS) is 11.2. The molecule has 2 aromatic carbocycles. The van der Waals surface area contributed by atoms with Gasteiger partial charge in [0.1, 0.15) is 0 Å². The summed E-state index contributed by atoms with van der Waals surface area (Å²) in [4.78, 5) is 11.2. The fourth-order valence-corrected chi connectivity index (χ4v) is 2.03. The second kappa shape index (κ2) is 5.02. The zero-order chi connectivity index (χ0) is 13.0. The van der Waals surface area contributed by atoms with Gasteiger partial charge in [0.15, 0.2) is 5.60 Å². The second-order valence-electron chi connectivity index (χ2n) is 4.20. The molecule has 0 atom stereocenters. The number of benzene rings is 2. The fraction of sp³-hybridized carbons (Fsp3) is 0.133. The Kier molecular flexibility index (Phi) is 3.44. The zero-order valence-electron chi connectivity index (χ0n) is 9.87. The summed E-state index contributed by atoms with van der Waals surface area (Å²) >= 11 is 0. The number of amides is 1. The van der Waals surface area contributed by atoms with E-state index in [9.17, 15) is 9.90 Å². The van der Waals surface area contributed by atoms with Crippen molar-refractivity contribution < 1.29 is 9.90 Å². The van der Waals surface area contributed by atoms with E-state index in [1.54, 1.807) is 48.5 Å². The molecule has 1 radical (unpaired) electrons. The SMILES string of the molecule is NC(=O)CC([O])(c1ccccc1)c1ccccc1. The van der Waals surface area contributed by atoms with Gasteiger partial charge in [-0.2, -0.15) is 0 Å². The number of carbonyl (C=O) groups is 1. The van der Waals surface area contributed by atoms with Gasteiger partial charge in [-0.1, -0.05) is 60.7 Å². The third-order valence-corrected chi connectivity index (χ3v) is 2.90. The van der Waals surface area contributed by atoms with Gasteiger partial charge in [0.25, 0.3) is 0 Å². The van der Waals surface area contributed by atoms with Crippen molar-refractivity contribution in [3.63, 3.8) is 0 Å². The summed E-state index contributed by atoms with van der Waals surface area (Å²) in [6, 6.07) is 17.7. The van der Waals surface area contributed by atoms with Crippen molar-refractivity contribution in [3.05, 3.63) is 71.8 Å². The lowest BCUT2D eigenvalue weighted by atomic mass is 9.83. The molecule has 3 nitrogen and oxygen atoms in total. The quantitative estimate of drug-likeness (QED) is 0.875. The second-order valence-corrected chi connectivity index (χ2v) is 4.20. The Morgan fingerprint density at radius 1 is 0.889 bits per heavy atom. The number of hydrogen-bond acceptors (Lipinski definition) is 1. The van der Waals surface area contributed by atoms with Crippen LogP contribution >= 0.6 is 0 Å². The van der Waals surface area contributed by atoms with Crippen LogP contribution < -0.4 is 5.73 Å². The summed E-state index contributed by atoms with van der Waals surface area (Å²) in [5, 5.41) is 13.0. The van der Waals surface area contributed by atoms with Gasteiger partial charge in [-0.05, 0) is 11.1 Å². The maximum atomic E-state index is 13.0. The van der Waals surface area contributed by atoms with Crippen LogP contribution in [0.5, 0.6) is 0 Å². The molecular weight excluding hydrogens is 226 g/mol. The highest BCUT2D eigenvalue weighted by molar-refractivity contribution is 5.76. The largest absolute Gasteiger partial charge is 0.370 e. The molecule has 2 rings (SSSR count). The van der Waals surface area contributed by atoms with E-state index in [0.29, 0.717) is 11.1 Å². The van der Waals surface area contributed by atoms with Crippen LogP contribution in [-0.2, 0) is 15.5 Å². The number of hydrogen-bond donors (Lipinski definition) is 1. The average Bonchev–Trinajstić information content (AvgIpc) is 2.40. The lowest BCUT2D eigenvalue weighted by Gasteiger charge is -2.25. The van der Waals surface area contributed by atoms with E-state index in [2.05, 4.69) is 0 Å². The van der Waals surface area contributed by atoms with Crippen LogP contribution in [0.25, 0.3) is 0 Å². The fourth-order valence-electron chi connectivity index (χ4n) is 2.03. The van der Waals surface area contributed by atoms with Crippen molar-refractivity contribution in [1.29, 1.82) is 0 Å². The number of nitrogens with two attached hydrogens (primary N) is 1. The lowest BCUT2D eigenvalue weighted by molar-refractivity contribution is -0.124. The minimum atomic E-state index is -1.62. The molecule has 0 bridgehead atoms. The molecule has 1 amide bonds. The molecule has 0 aliphatic heterocycles. The van der Waals surface area contributed by atoms with Crippen LogP contribution in [0.3, 0.4) is 0 Å². The van der Waals surface area contributed by atoms with Gasteiger partial charge in [-0.15, -0.1) is 0 Å². The summed E-state index contributed by atoms with van der Waals surface area (Å²) in [7, 11) is 0. The lowest BCUT2D eigenvalue weighted by Crippen LogP contribution is -2.31. The summed E-state index contributed by atoms with van der Waals surface area (Å²) in [5.41, 5.74) is 4.70. The van der Waals surface area contributed by atoms with Crippen molar-refractivity contribution in [3.8, 4) is 0 Å². The van der Waals surface area contributed by atoms with E-state index in [1.807, 2.05) is 12.1 Å². The van der Waals surface area contributed by atoms with Gasteiger partial charge in [0.05, 0.1) is 6.42 Å². The Morgan fingerprint density at radius 2 is 1.28 bits per heavy atom. The topological polar surface area (TPSA) is 63.0 Å². The first-order chi connectivity index (χ1) is 8.63. The smallest absolute Gasteiger partial charge is 0.221 e. The third-order valence-electron chi connectivity index (χ3n) is 2.90. The maximum Gasteiger partial charge on any atom is 0.221 e. The van der Waals surface area contributed by atoms with E-state index >= 15 is 0 Å². The van der Waals surface area contributed by atoms with Gasteiger partial charge in [-0.25, -0.2) is 5.11 Å². The molecule has 0 spiro atoms. The first-order valence-corrected chi connectivity index (χ1v) is 5.73. The molecule has 18 heavy (non-hydrogen) atoms. The van der Waals surface area contributed by atoms with Gasteiger partial charge in [0.2, 0.25) is 5.91 Å². The first kappa shape index (κ1) is 12.3. The highest BCUT2D eigenvalue weighted by Crippen LogP contribution is 2.33. The molecule has 0 heterocycles. The summed E-state index contributed by atoms with van der Waals surface area (Å²) < 4.78 is 0. The molecular formula is C15H14NO2. The number of rotatable bonds is 4. The van der Waals surface area contributed by atoms with Crippen LogP contribution in [0.2, 0.25) is 0 Å². The van der Waals surface area contributed by atoms with Crippen LogP contribution in [0.15, 0.2) is 60.7 Å². The predicted molar refractivity (Wildman–Crippen MR) is 68.2 cm³/mol. The third kappa shape index (κ3) is 2.41. The Balaban J connectivity index is 2.51. The van der Waals surface area contributed by atoms with E-state index < -0.39 is 11.5 Å². The van der Waals surface area contributed by atoms with Crippen LogP contribution in [-0.4, -0.2) is 5.91 Å². The van der Waals surface area contributed by atoms with E-state index in [4.69, 9.17) is 5.73 Å². The molecule has 0 fully saturated rings. The van der Waals surface area contributed by atoms with Gasteiger partial charge >= 0.3 is 0 Å². The average molecular weight is 240 g/mol. The van der Waals surface area contributed by atoms with E-state index in [0.717, 1.165) is 0 Å². The van der Waals surface area contributed by atoms with E-state index in [-0.39, 0.29) is 6.42 Å². The molecule has 0 saturated carbocycles. The highest BCUT2D eigenvalue weighted by atomic mass is 16.3. The summed E-state index contributed by atoms with van der Waals surface area (Å²) in [6.45, 7) is 0. The van der Waals surface area contributed by atoms with Crippen molar-refractivity contribution in [1.82, 2.24) is 0 Å². The van der Waals surface area contributed by atoms with Gasteiger partial charge in [0, 0.05) is 0 Å². The minimum absolute atomic E-state index is 0.249. The maximum absolute atomic E-state index is 13.0. The number of carbonyl (C=O) groups excluding carboxylic acids is 1. The van der Waals surface area contributed by atoms with Gasteiger partial charge < -0.3 is 5.73 Å². The first-order valence-electron chi connectivity index (χ1n) is 5.73. The minimum Gasteiger partial charge on any atom is -0.370 e.